The van der Waals surface area contributed by atoms with E-state index in [4.69, 9.17) is 16.1 Å². The lowest BCUT2D eigenvalue weighted by molar-refractivity contribution is -0.137. The lowest BCUT2D eigenvalue weighted by Gasteiger charge is -2.12. The molecule has 0 aliphatic heterocycles. The number of halogens is 4. The molecule has 0 bridgehead atoms. The fourth-order valence-corrected chi connectivity index (χ4v) is 3.78. The lowest BCUT2D eigenvalue weighted by atomic mass is 10.1. The molecule has 0 aliphatic rings. The van der Waals surface area contributed by atoms with Crippen LogP contribution in [0.1, 0.15) is 11.1 Å². The summed E-state index contributed by atoms with van der Waals surface area (Å²) in [6.07, 6.45) is -4.51. The van der Waals surface area contributed by atoms with Gasteiger partial charge in [-0.15, -0.1) is 0 Å². The van der Waals surface area contributed by atoms with Gasteiger partial charge in [0.2, 0.25) is 5.82 Å². The van der Waals surface area contributed by atoms with Gasteiger partial charge < -0.3 is 4.52 Å². The summed E-state index contributed by atoms with van der Waals surface area (Å²) in [5.74, 6) is -0.0827. The molecule has 5 rings (SSSR count). The van der Waals surface area contributed by atoms with Crippen LogP contribution < -0.4 is 5.56 Å². The van der Waals surface area contributed by atoms with Crippen LogP contribution in [-0.2, 0) is 6.18 Å². The summed E-state index contributed by atoms with van der Waals surface area (Å²) >= 11 is 6.24. The van der Waals surface area contributed by atoms with Crippen molar-refractivity contribution in [2.24, 2.45) is 0 Å². The molecule has 6 nitrogen and oxygen atoms in total. The molecule has 2 aromatic heterocycles. The minimum Gasteiger partial charge on any atom is -0.332 e. The van der Waals surface area contributed by atoms with Crippen molar-refractivity contribution in [3.63, 3.8) is 0 Å². The maximum absolute atomic E-state index is 13.2. The Morgan fingerprint density at radius 1 is 0.971 bits per heavy atom. The second kappa shape index (κ2) is 8.11. The highest BCUT2D eigenvalue weighted by molar-refractivity contribution is 6.31. The van der Waals surface area contributed by atoms with Crippen molar-refractivity contribution >= 4 is 22.4 Å². The van der Waals surface area contributed by atoms with Crippen LogP contribution in [0, 0.1) is 6.92 Å². The highest BCUT2D eigenvalue weighted by Gasteiger charge is 2.31. The van der Waals surface area contributed by atoms with E-state index in [0.29, 0.717) is 27.0 Å². The maximum Gasteiger partial charge on any atom is 0.416 e. The highest BCUT2D eigenvalue weighted by Crippen LogP contribution is 2.32. The normalized spacial score (nSPS) is 11.8. The molecular weight excluding hydrogens is 469 g/mol. The van der Waals surface area contributed by atoms with E-state index in [9.17, 15) is 18.0 Å². The number of hydrogen-bond donors (Lipinski definition) is 0. The monoisotopic (exact) mass is 482 g/mol. The van der Waals surface area contributed by atoms with Crippen molar-refractivity contribution < 1.29 is 17.7 Å². The molecule has 0 unspecified atom stereocenters. The van der Waals surface area contributed by atoms with E-state index in [2.05, 4.69) is 15.2 Å². The predicted octanol–water partition coefficient (Wildman–Crippen LogP) is 6.08. The third kappa shape index (κ3) is 3.73. The Morgan fingerprint density at radius 2 is 1.71 bits per heavy atom. The summed E-state index contributed by atoms with van der Waals surface area (Å²) in [7, 11) is 0. The zero-order valence-electron chi connectivity index (χ0n) is 17.5. The topological polar surface area (TPSA) is 73.8 Å². The number of benzene rings is 3. The third-order valence-corrected chi connectivity index (χ3v) is 5.76. The molecule has 2 heterocycles. The van der Waals surface area contributed by atoms with Gasteiger partial charge in [0, 0.05) is 16.0 Å². The van der Waals surface area contributed by atoms with Crippen LogP contribution in [0.3, 0.4) is 0 Å². The average Bonchev–Trinajstić information content (AvgIpc) is 3.31. The molecule has 0 N–H and O–H groups in total. The molecule has 0 amide bonds. The summed E-state index contributed by atoms with van der Waals surface area (Å²) in [6, 6.07) is 16.5. The standard InChI is InChI=1S/C24H14ClF3N4O2/c1-13-18(25)10-5-11-19(13)32-23(33)17-9-3-2-8-16(17)20(30-32)22-29-21(31-34-22)14-6-4-7-15(12-14)24(26,27)28/h2-12H,1H3. The third-order valence-electron chi connectivity index (χ3n) is 5.35. The van der Waals surface area contributed by atoms with Gasteiger partial charge in [-0.25, -0.2) is 0 Å². The smallest absolute Gasteiger partial charge is 0.332 e. The van der Waals surface area contributed by atoms with Crippen LogP contribution in [0.15, 0.2) is 76.0 Å². The van der Waals surface area contributed by atoms with Crippen LogP contribution >= 0.6 is 11.6 Å². The molecular formula is C24H14ClF3N4O2. The SMILES string of the molecule is Cc1c(Cl)cccc1-n1nc(-c2nc(-c3cccc(C(F)(F)F)c3)no2)c2ccccc2c1=O. The minimum absolute atomic E-state index is 0.0383. The second-order valence-corrected chi connectivity index (χ2v) is 7.90. The van der Waals surface area contributed by atoms with Crippen molar-refractivity contribution in [2.75, 3.05) is 0 Å². The molecule has 0 spiro atoms. The average molecular weight is 483 g/mol. The van der Waals surface area contributed by atoms with Crippen LogP contribution in [0.2, 0.25) is 5.02 Å². The van der Waals surface area contributed by atoms with E-state index < -0.39 is 11.7 Å². The van der Waals surface area contributed by atoms with E-state index in [1.807, 2.05) is 0 Å². The molecule has 0 radical (unpaired) electrons. The Morgan fingerprint density at radius 3 is 2.47 bits per heavy atom. The summed E-state index contributed by atoms with van der Waals surface area (Å²) in [4.78, 5) is 17.5. The summed E-state index contributed by atoms with van der Waals surface area (Å²) in [5.41, 5.74) is 0.262. The Bertz CT molecular complexity index is 1610. The van der Waals surface area contributed by atoms with Gasteiger partial charge >= 0.3 is 6.18 Å². The van der Waals surface area contributed by atoms with Gasteiger partial charge in [0.05, 0.1) is 16.6 Å². The van der Waals surface area contributed by atoms with Crippen molar-refractivity contribution in [3.05, 3.63) is 93.2 Å². The number of nitrogens with zero attached hydrogens (tertiary/aromatic N) is 4. The largest absolute Gasteiger partial charge is 0.416 e. The number of alkyl halides is 3. The van der Waals surface area contributed by atoms with E-state index in [1.165, 1.54) is 16.8 Å². The molecule has 3 aromatic carbocycles. The quantitative estimate of drug-likeness (QED) is 0.311. The summed E-state index contributed by atoms with van der Waals surface area (Å²) < 4.78 is 45.9. The fourth-order valence-electron chi connectivity index (χ4n) is 3.61. The molecule has 34 heavy (non-hydrogen) atoms. The zero-order chi connectivity index (χ0) is 24.0. The number of hydrogen-bond acceptors (Lipinski definition) is 5. The molecule has 0 saturated carbocycles. The van der Waals surface area contributed by atoms with Crippen molar-refractivity contribution in [2.45, 2.75) is 13.1 Å². The molecule has 0 saturated heterocycles. The molecule has 0 fully saturated rings. The van der Waals surface area contributed by atoms with E-state index >= 15 is 0 Å². The van der Waals surface area contributed by atoms with Gasteiger partial charge in [0.1, 0.15) is 0 Å². The molecule has 5 aromatic rings. The van der Waals surface area contributed by atoms with Gasteiger partial charge in [-0.3, -0.25) is 4.79 Å². The molecule has 10 heteroatoms. The Hall–Kier alpha value is -3.98. The second-order valence-electron chi connectivity index (χ2n) is 7.50. The van der Waals surface area contributed by atoms with Crippen LogP contribution in [0.25, 0.3) is 39.4 Å². The maximum atomic E-state index is 13.2. The number of fused-ring (bicyclic) bond motifs is 1. The Kier molecular flexibility index (Phi) is 5.21. The summed E-state index contributed by atoms with van der Waals surface area (Å²) in [5, 5.41) is 9.60. The molecule has 0 aliphatic carbocycles. The van der Waals surface area contributed by atoms with Gasteiger partial charge in [-0.2, -0.15) is 27.9 Å². The first-order valence-corrected chi connectivity index (χ1v) is 10.4. The van der Waals surface area contributed by atoms with E-state index in [0.717, 1.165) is 12.1 Å². The predicted molar refractivity (Wildman–Crippen MR) is 121 cm³/mol. The molecule has 0 atom stereocenters. The minimum atomic E-state index is -4.51. The van der Waals surface area contributed by atoms with Crippen molar-refractivity contribution in [1.82, 2.24) is 19.9 Å². The van der Waals surface area contributed by atoms with Crippen molar-refractivity contribution in [3.8, 4) is 28.7 Å². The van der Waals surface area contributed by atoms with Gasteiger partial charge in [0.25, 0.3) is 11.4 Å². The van der Waals surface area contributed by atoms with Crippen LogP contribution in [0.5, 0.6) is 0 Å². The first-order chi connectivity index (χ1) is 16.2. The number of aromatic nitrogens is 4. The molecule has 170 valence electrons. The van der Waals surface area contributed by atoms with Gasteiger partial charge in [-0.1, -0.05) is 53.2 Å². The van der Waals surface area contributed by atoms with Crippen LogP contribution in [-0.4, -0.2) is 19.9 Å². The fraction of sp³-hybridized carbons (Fsp3) is 0.0833. The Labute approximate surface area is 195 Å². The van der Waals surface area contributed by atoms with Gasteiger partial charge in [-0.05, 0) is 42.8 Å². The summed E-state index contributed by atoms with van der Waals surface area (Å²) in [6.45, 7) is 1.76. The van der Waals surface area contributed by atoms with Crippen LogP contribution in [0.4, 0.5) is 13.2 Å². The van der Waals surface area contributed by atoms with E-state index in [1.54, 1.807) is 49.4 Å². The van der Waals surface area contributed by atoms with E-state index in [-0.39, 0.29) is 28.5 Å². The first kappa shape index (κ1) is 21.8. The number of rotatable bonds is 3. The first-order valence-electron chi connectivity index (χ1n) is 10.0. The van der Waals surface area contributed by atoms with Crippen molar-refractivity contribution in [1.29, 1.82) is 0 Å². The zero-order valence-corrected chi connectivity index (χ0v) is 18.2. The Balaban J connectivity index is 1.70. The lowest BCUT2D eigenvalue weighted by Crippen LogP contribution is -2.23. The highest BCUT2D eigenvalue weighted by atomic mass is 35.5. The van der Waals surface area contributed by atoms with Gasteiger partial charge in [0.15, 0.2) is 5.69 Å².